The van der Waals surface area contributed by atoms with Gasteiger partial charge in [0.15, 0.2) is 0 Å². The molecule has 0 radical (unpaired) electrons. The zero-order chi connectivity index (χ0) is 13.6. The average molecular weight is 252 g/mol. The van der Waals surface area contributed by atoms with Crippen LogP contribution in [0.4, 0.5) is 10.1 Å². The van der Waals surface area contributed by atoms with E-state index in [-0.39, 0.29) is 12.1 Å². The maximum absolute atomic E-state index is 12.8. The van der Waals surface area contributed by atoms with Crippen molar-refractivity contribution in [2.45, 2.75) is 45.4 Å². The van der Waals surface area contributed by atoms with Gasteiger partial charge in [0.2, 0.25) is 6.41 Å². The third-order valence-corrected chi connectivity index (χ3v) is 3.27. The highest BCUT2D eigenvalue weighted by Gasteiger charge is 2.29. The first-order chi connectivity index (χ1) is 8.57. The van der Waals surface area contributed by atoms with Crippen molar-refractivity contribution in [1.29, 1.82) is 0 Å². The summed E-state index contributed by atoms with van der Waals surface area (Å²) in [4.78, 5) is 15.2. The Hall–Kier alpha value is -1.45. The van der Waals surface area contributed by atoms with Crippen LogP contribution in [0.15, 0.2) is 12.1 Å². The molecule has 1 aromatic heterocycles. The Morgan fingerprint density at radius 2 is 2.17 bits per heavy atom. The number of carbonyl (C=O) groups is 1. The van der Waals surface area contributed by atoms with Crippen LogP contribution < -0.4 is 5.32 Å². The Labute approximate surface area is 108 Å². The summed E-state index contributed by atoms with van der Waals surface area (Å²) >= 11 is 0. The molecule has 100 valence electrons. The van der Waals surface area contributed by atoms with E-state index < -0.39 is 0 Å². The second kappa shape index (κ2) is 6.47. The fourth-order valence-corrected chi connectivity index (χ4v) is 2.32. The third kappa shape index (κ3) is 3.28. The van der Waals surface area contributed by atoms with E-state index in [4.69, 9.17) is 0 Å². The molecule has 0 aliphatic rings. The number of aryl methyl sites for hydroxylation is 1. The molecule has 1 rings (SSSR count). The van der Waals surface area contributed by atoms with Crippen molar-refractivity contribution < 1.29 is 9.18 Å². The highest BCUT2D eigenvalue weighted by molar-refractivity contribution is 5.73. The van der Waals surface area contributed by atoms with Gasteiger partial charge >= 0.3 is 0 Å². The zero-order valence-corrected chi connectivity index (χ0v) is 11.3. The number of anilines is 1. The Morgan fingerprint density at radius 1 is 1.44 bits per heavy atom. The SMILES string of the molecule is CCC[C@](C)(CCF)c1nc(C)ccc1NC=O. The fourth-order valence-electron chi connectivity index (χ4n) is 2.32. The smallest absolute Gasteiger partial charge is 0.211 e. The number of nitrogens with one attached hydrogen (secondary N) is 1. The number of nitrogens with zero attached hydrogens (tertiary/aromatic N) is 1. The Morgan fingerprint density at radius 3 is 2.72 bits per heavy atom. The molecule has 3 nitrogen and oxygen atoms in total. The standard InChI is InChI=1S/C14H21FN2O/c1-4-7-14(3,8-9-15)13-12(16-10-18)6-5-11(2)17-13/h5-6,10H,4,7-9H2,1-3H3,(H,16,18)/t14-/m1/s1. The molecule has 1 heterocycles. The van der Waals surface area contributed by atoms with Crippen molar-refractivity contribution in [3.8, 4) is 0 Å². The Kier molecular flexibility index (Phi) is 5.25. The summed E-state index contributed by atoms with van der Waals surface area (Å²) in [5.41, 5.74) is 2.01. The average Bonchev–Trinajstić information content (AvgIpc) is 2.32. The number of aromatic nitrogens is 1. The van der Waals surface area contributed by atoms with Gasteiger partial charge in [0.1, 0.15) is 0 Å². The van der Waals surface area contributed by atoms with Gasteiger partial charge in [-0.1, -0.05) is 20.3 Å². The minimum absolute atomic E-state index is 0.332. The molecule has 0 saturated carbocycles. The predicted molar refractivity (Wildman–Crippen MR) is 71.5 cm³/mol. The molecule has 0 spiro atoms. The third-order valence-electron chi connectivity index (χ3n) is 3.27. The van der Waals surface area contributed by atoms with Gasteiger partial charge in [-0.25, -0.2) is 0 Å². The Bertz CT molecular complexity index is 401. The van der Waals surface area contributed by atoms with Crippen molar-refractivity contribution in [1.82, 2.24) is 4.98 Å². The Balaban J connectivity index is 3.23. The normalized spacial score (nSPS) is 14.0. The van der Waals surface area contributed by atoms with E-state index in [9.17, 15) is 9.18 Å². The van der Waals surface area contributed by atoms with Crippen LogP contribution in [0.1, 0.15) is 44.5 Å². The number of alkyl halides is 1. The molecule has 0 aliphatic heterocycles. The van der Waals surface area contributed by atoms with E-state index in [1.165, 1.54) is 0 Å². The molecule has 4 heteroatoms. The summed E-state index contributed by atoms with van der Waals surface area (Å²) < 4.78 is 12.8. The van der Waals surface area contributed by atoms with Crippen LogP contribution in [0, 0.1) is 6.92 Å². The first-order valence-electron chi connectivity index (χ1n) is 6.31. The predicted octanol–water partition coefficient (Wildman–Crippen LogP) is 3.38. The molecule has 0 saturated heterocycles. The van der Waals surface area contributed by atoms with Gasteiger partial charge in [-0.15, -0.1) is 0 Å². The van der Waals surface area contributed by atoms with E-state index in [0.29, 0.717) is 18.5 Å². The van der Waals surface area contributed by atoms with Crippen molar-refractivity contribution in [2.75, 3.05) is 12.0 Å². The second-order valence-electron chi connectivity index (χ2n) is 4.86. The van der Waals surface area contributed by atoms with Gasteiger partial charge < -0.3 is 5.32 Å². The van der Waals surface area contributed by atoms with Crippen molar-refractivity contribution >= 4 is 12.1 Å². The fraction of sp³-hybridized carbons (Fsp3) is 0.571. The van der Waals surface area contributed by atoms with Gasteiger partial charge in [0.25, 0.3) is 0 Å². The minimum atomic E-state index is -0.382. The molecule has 0 aromatic carbocycles. The maximum atomic E-state index is 12.8. The monoisotopic (exact) mass is 252 g/mol. The molecule has 1 aromatic rings. The zero-order valence-electron chi connectivity index (χ0n) is 11.3. The first-order valence-corrected chi connectivity index (χ1v) is 6.31. The lowest BCUT2D eigenvalue weighted by Crippen LogP contribution is -2.26. The molecule has 18 heavy (non-hydrogen) atoms. The van der Waals surface area contributed by atoms with Crippen LogP contribution in [0.25, 0.3) is 0 Å². The first kappa shape index (κ1) is 14.6. The van der Waals surface area contributed by atoms with Crippen LogP contribution in [0.2, 0.25) is 0 Å². The summed E-state index contributed by atoms with van der Waals surface area (Å²) in [6.45, 7) is 5.59. The number of amides is 1. The van der Waals surface area contributed by atoms with Crippen LogP contribution >= 0.6 is 0 Å². The lowest BCUT2D eigenvalue weighted by Gasteiger charge is -2.29. The van der Waals surface area contributed by atoms with Crippen molar-refractivity contribution in [3.05, 3.63) is 23.5 Å². The van der Waals surface area contributed by atoms with Crippen LogP contribution in [0.3, 0.4) is 0 Å². The summed E-state index contributed by atoms with van der Waals surface area (Å²) in [6.07, 6.45) is 2.86. The van der Waals surface area contributed by atoms with Gasteiger partial charge in [0.05, 0.1) is 18.1 Å². The molecule has 0 fully saturated rings. The van der Waals surface area contributed by atoms with Gasteiger partial charge in [-0.05, 0) is 31.9 Å². The summed E-state index contributed by atoms with van der Waals surface area (Å²) in [5.74, 6) is 0. The highest BCUT2D eigenvalue weighted by Crippen LogP contribution is 2.36. The molecule has 1 amide bonds. The lowest BCUT2D eigenvalue weighted by molar-refractivity contribution is -0.105. The molecule has 1 atom stereocenters. The molecule has 0 unspecified atom stereocenters. The van der Waals surface area contributed by atoms with Crippen molar-refractivity contribution in [2.24, 2.45) is 0 Å². The number of rotatable bonds is 7. The van der Waals surface area contributed by atoms with E-state index in [1.807, 2.05) is 26.0 Å². The van der Waals surface area contributed by atoms with E-state index >= 15 is 0 Å². The van der Waals surface area contributed by atoms with E-state index in [1.54, 1.807) is 0 Å². The molecule has 1 N–H and O–H groups in total. The largest absolute Gasteiger partial charge is 0.327 e. The topological polar surface area (TPSA) is 42.0 Å². The summed E-state index contributed by atoms with van der Waals surface area (Å²) in [7, 11) is 0. The molecule has 0 aliphatic carbocycles. The van der Waals surface area contributed by atoms with Crippen LogP contribution in [0.5, 0.6) is 0 Å². The number of halogens is 1. The lowest BCUT2D eigenvalue weighted by atomic mass is 9.78. The number of hydrogen-bond donors (Lipinski definition) is 1. The van der Waals surface area contributed by atoms with E-state index in [2.05, 4.69) is 17.2 Å². The molecule has 0 bridgehead atoms. The molecular formula is C14H21FN2O. The van der Waals surface area contributed by atoms with Gasteiger partial charge in [-0.3, -0.25) is 14.2 Å². The van der Waals surface area contributed by atoms with Gasteiger partial charge in [0, 0.05) is 11.1 Å². The maximum Gasteiger partial charge on any atom is 0.211 e. The summed E-state index contributed by atoms with van der Waals surface area (Å²) in [5, 5.41) is 2.66. The number of carbonyl (C=O) groups excluding carboxylic acids is 1. The minimum Gasteiger partial charge on any atom is -0.327 e. The van der Waals surface area contributed by atoms with Gasteiger partial charge in [-0.2, -0.15) is 0 Å². The second-order valence-corrected chi connectivity index (χ2v) is 4.86. The quantitative estimate of drug-likeness (QED) is 0.756. The van der Waals surface area contributed by atoms with Crippen LogP contribution in [-0.4, -0.2) is 18.1 Å². The molecular weight excluding hydrogens is 231 g/mol. The number of pyridine rings is 1. The van der Waals surface area contributed by atoms with Crippen LogP contribution in [-0.2, 0) is 10.2 Å². The van der Waals surface area contributed by atoms with E-state index in [0.717, 1.165) is 24.2 Å². The summed E-state index contributed by atoms with van der Waals surface area (Å²) in [6, 6.07) is 3.68. The number of hydrogen-bond acceptors (Lipinski definition) is 2. The highest BCUT2D eigenvalue weighted by atomic mass is 19.1. The van der Waals surface area contributed by atoms with Crippen molar-refractivity contribution in [3.63, 3.8) is 0 Å².